The van der Waals surface area contributed by atoms with E-state index in [1.54, 1.807) is 19.0 Å². The van der Waals surface area contributed by atoms with E-state index in [9.17, 15) is 4.79 Å². The van der Waals surface area contributed by atoms with Crippen LogP contribution >= 0.6 is 24.0 Å². The number of nitrogens with zero attached hydrogens (tertiary/aromatic N) is 2. The summed E-state index contributed by atoms with van der Waals surface area (Å²) in [6, 6.07) is 0. The molecule has 0 aromatic heterocycles. The van der Waals surface area contributed by atoms with Crippen LogP contribution in [0.1, 0.15) is 39.5 Å². The second kappa shape index (κ2) is 15.3. The zero-order valence-electron chi connectivity index (χ0n) is 14.4. The minimum absolute atomic E-state index is 0. The standard InChI is InChI=1S/C15H32N4O2.HI/c1-5-7-13(9-11-20)12-18-15(16-6-2)17-10-8-14(21)19(3)4;/h13,20H,5-12H2,1-4H3,(H2,16,17,18);1H. The van der Waals surface area contributed by atoms with E-state index in [0.29, 0.717) is 25.4 Å². The van der Waals surface area contributed by atoms with E-state index >= 15 is 0 Å². The number of halogens is 1. The van der Waals surface area contributed by atoms with E-state index in [1.807, 2.05) is 6.92 Å². The van der Waals surface area contributed by atoms with E-state index in [-0.39, 0.29) is 36.5 Å². The van der Waals surface area contributed by atoms with E-state index < -0.39 is 0 Å². The first-order valence-corrected chi connectivity index (χ1v) is 7.88. The van der Waals surface area contributed by atoms with Crippen molar-refractivity contribution in [3.8, 4) is 0 Å². The lowest BCUT2D eigenvalue weighted by Gasteiger charge is -2.16. The number of carbonyl (C=O) groups excluding carboxylic acids is 1. The Morgan fingerprint density at radius 1 is 1.23 bits per heavy atom. The summed E-state index contributed by atoms with van der Waals surface area (Å²) in [6.07, 6.45) is 3.41. The monoisotopic (exact) mass is 428 g/mol. The zero-order chi connectivity index (χ0) is 16.1. The number of aliphatic imine (C=N–C) groups is 1. The summed E-state index contributed by atoms with van der Waals surface area (Å²) in [5.41, 5.74) is 0. The van der Waals surface area contributed by atoms with Crippen LogP contribution in [0.3, 0.4) is 0 Å². The molecule has 6 nitrogen and oxygen atoms in total. The van der Waals surface area contributed by atoms with E-state index in [1.165, 1.54) is 0 Å². The van der Waals surface area contributed by atoms with Crippen LogP contribution in [0.2, 0.25) is 0 Å². The zero-order valence-corrected chi connectivity index (χ0v) is 16.7. The molecule has 22 heavy (non-hydrogen) atoms. The van der Waals surface area contributed by atoms with E-state index in [4.69, 9.17) is 5.11 Å². The number of hydrogen-bond donors (Lipinski definition) is 3. The predicted molar refractivity (Wildman–Crippen MR) is 103 cm³/mol. The Morgan fingerprint density at radius 2 is 1.91 bits per heavy atom. The smallest absolute Gasteiger partial charge is 0.223 e. The molecular formula is C15H33IN4O2. The van der Waals surface area contributed by atoms with Crippen LogP contribution < -0.4 is 10.6 Å². The van der Waals surface area contributed by atoms with Crippen molar-refractivity contribution in [3.63, 3.8) is 0 Å². The maximum Gasteiger partial charge on any atom is 0.223 e. The molecule has 0 aliphatic heterocycles. The summed E-state index contributed by atoms with van der Waals surface area (Å²) in [5.74, 6) is 1.25. The van der Waals surface area contributed by atoms with Crippen molar-refractivity contribution in [1.82, 2.24) is 15.5 Å². The molecule has 1 atom stereocenters. The summed E-state index contributed by atoms with van der Waals surface area (Å²) in [5, 5.41) is 15.4. The maximum absolute atomic E-state index is 11.5. The first-order chi connectivity index (χ1) is 10.0. The minimum atomic E-state index is 0. The minimum Gasteiger partial charge on any atom is -0.396 e. The van der Waals surface area contributed by atoms with Gasteiger partial charge < -0.3 is 20.6 Å². The van der Waals surface area contributed by atoms with Gasteiger partial charge in [-0.05, 0) is 25.7 Å². The Kier molecular flexibility index (Phi) is 16.5. The molecular weight excluding hydrogens is 395 g/mol. The predicted octanol–water partition coefficient (Wildman–Crippen LogP) is 1.44. The third-order valence-corrected chi connectivity index (χ3v) is 3.22. The SMILES string of the molecule is CCCC(CCO)CN=C(NCC)NCCC(=O)N(C)C.I. The average molecular weight is 428 g/mol. The molecule has 0 heterocycles. The van der Waals surface area contributed by atoms with Crippen LogP contribution in [0.25, 0.3) is 0 Å². The van der Waals surface area contributed by atoms with Crippen molar-refractivity contribution >= 4 is 35.8 Å². The van der Waals surface area contributed by atoms with Gasteiger partial charge in [0, 0.05) is 46.8 Å². The van der Waals surface area contributed by atoms with Gasteiger partial charge in [0.2, 0.25) is 5.91 Å². The molecule has 0 aromatic rings. The molecule has 0 fully saturated rings. The lowest BCUT2D eigenvalue weighted by atomic mass is 10.0. The van der Waals surface area contributed by atoms with Crippen molar-refractivity contribution in [2.45, 2.75) is 39.5 Å². The Balaban J connectivity index is 0. The third-order valence-electron chi connectivity index (χ3n) is 3.22. The van der Waals surface area contributed by atoms with Crippen molar-refractivity contribution in [2.24, 2.45) is 10.9 Å². The Labute approximate surface area is 152 Å². The first-order valence-electron chi connectivity index (χ1n) is 7.88. The average Bonchev–Trinajstić information content (AvgIpc) is 2.44. The lowest BCUT2D eigenvalue weighted by Crippen LogP contribution is -2.39. The van der Waals surface area contributed by atoms with Gasteiger partial charge in [0.25, 0.3) is 0 Å². The van der Waals surface area contributed by atoms with Crippen molar-refractivity contribution < 1.29 is 9.90 Å². The quantitative estimate of drug-likeness (QED) is 0.280. The molecule has 0 saturated heterocycles. The van der Waals surface area contributed by atoms with Crippen LogP contribution in [-0.4, -0.2) is 62.2 Å². The van der Waals surface area contributed by atoms with Gasteiger partial charge in [0.05, 0.1) is 0 Å². The molecule has 7 heteroatoms. The topological polar surface area (TPSA) is 77.0 Å². The van der Waals surface area contributed by atoms with Crippen LogP contribution in [0.15, 0.2) is 4.99 Å². The summed E-state index contributed by atoms with van der Waals surface area (Å²) in [6.45, 7) is 6.42. The van der Waals surface area contributed by atoms with Crippen LogP contribution in [0, 0.1) is 5.92 Å². The van der Waals surface area contributed by atoms with E-state index in [2.05, 4.69) is 22.5 Å². The molecule has 0 aliphatic rings. The van der Waals surface area contributed by atoms with Gasteiger partial charge in [-0.15, -0.1) is 24.0 Å². The Bertz CT molecular complexity index is 306. The fourth-order valence-corrected chi connectivity index (χ4v) is 1.99. The van der Waals surface area contributed by atoms with Crippen LogP contribution in [0.5, 0.6) is 0 Å². The summed E-state index contributed by atoms with van der Waals surface area (Å²) < 4.78 is 0. The van der Waals surface area contributed by atoms with Gasteiger partial charge in [0.1, 0.15) is 0 Å². The highest BCUT2D eigenvalue weighted by Gasteiger charge is 2.08. The highest BCUT2D eigenvalue weighted by Crippen LogP contribution is 2.10. The normalized spacial score (nSPS) is 12.3. The second-order valence-electron chi connectivity index (χ2n) is 5.35. The highest BCUT2D eigenvalue weighted by atomic mass is 127. The van der Waals surface area contributed by atoms with Crippen LogP contribution in [-0.2, 0) is 4.79 Å². The number of nitrogens with one attached hydrogen (secondary N) is 2. The van der Waals surface area contributed by atoms with Crippen LogP contribution in [0.4, 0.5) is 0 Å². The molecule has 1 unspecified atom stereocenters. The number of aliphatic hydroxyl groups is 1. The third kappa shape index (κ3) is 12.0. The maximum atomic E-state index is 11.5. The van der Waals surface area contributed by atoms with Gasteiger partial charge in [-0.25, -0.2) is 0 Å². The largest absolute Gasteiger partial charge is 0.396 e. The van der Waals surface area contributed by atoms with Crippen molar-refractivity contribution in [3.05, 3.63) is 0 Å². The molecule has 0 bridgehead atoms. The van der Waals surface area contributed by atoms with Gasteiger partial charge in [-0.1, -0.05) is 13.3 Å². The van der Waals surface area contributed by atoms with Gasteiger partial charge in [0.15, 0.2) is 5.96 Å². The van der Waals surface area contributed by atoms with Crippen molar-refractivity contribution in [1.29, 1.82) is 0 Å². The van der Waals surface area contributed by atoms with Crippen molar-refractivity contribution in [2.75, 3.05) is 40.3 Å². The fourth-order valence-electron chi connectivity index (χ4n) is 1.99. The number of rotatable bonds is 10. The highest BCUT2D eigenvalue weighted by molar-refractivity contribution is 14.0. The number of guanidine groups is 1. The number of hydrogen-bond acceptors (Lipinski definition) is 3. The molecule has 0 radical (unpaired) electrons. The molecule has 132 valence electrons. The van der Waals surface area contributed by atoms with Gasteiger partial charge in [-0.3, -0.25) is 9.79 Å². The molecule has 1 amide bonds. The molecule has 0 rings (SSSR count). The summed E-state index contributed by atoms with van der Waals surface area (Å²) in [7, 11) is 3.51. The molecule has 0 spiro atoms. The number of carbonyl (C=O) groups is 1. The first kappa shape index (κ1) is 23.7. The molecule has 0 aromatic carbocycles. The molecule has 3 N–H and O–H groups in total. The van der Waals surface area contributed by atoms with Gasteiger partial charge in [-0.2, -0.15) is 0 Å². The second-order valence-corrected chi connectivity index (χ2v) is 5.35. The Morgan fingerprint density at radius 3 is 2.41 bits per heavy atom. The van der Waals surface area contributed by atoms with E-state index in [0.717, 1.165) is 31.8 Å². The number of aliphatic hydroxyl groups excluding tert-OH is 1. The number of amides is 1. The summed E-state index contributed by atoms with van der Waals surface area (Å²) in [4.78, 5) is 17.7. The van der Waals surface area contributed by atoms with Gasteiger partial charge >= 0.3 is 0 Å². The Hall–Kier alpha value is -0.570. The molecule has 0 aliphatic carbocycles. The fraction of sp³-hybridized carbons (Fsp3) is 0.867. The summed E-state index contributed by atoms with van der Waals surface area (Å²) >= 11 is 0. The molecule has 0 saturated carbocycles. The lowest BCUT2D eigenvalue weighted by molar-refractivity contribution is -0.128.